The zero-order chi connectivity index (χ0) is 23.1. The summed E-state index contributed by atoms with van der Waals surface area (Å²) in [5.41, 5.74) is 0. The zero-order valence-electron chi connectivity index (χ0n) is 17.8. The Hall–Kier alpha value is -2.21. The third-order valence-electron chi connectivity index (χ3n) is 3.54. The Morgan fingerprint density at radius 2 is 1.27 bits per heavy atom. The molecule has 0 fully saturated rings. The average Bonchev–Trinajstić information content (AvgIpc) is 2.68. The van der Waals surface area contributed by atoms with Crippen LogP contribution in [0.3, 0.4) is 0 Å². The lowest BCUT2D eigenvalue weighted by molar-refractivity contribution is -0.171. The molecule has 30 heavy (non-hydrogen) atoms. The number of hydrogen-bond acceptors (Lipinski definition) is 10. The molecule has 11 nitrogen and oxygen atoms in total. The minimum atomic E-state index is -1.24. The summed E-state index contributed by atoms with van der Waals surface area (Å²) in [6.07, 6.45) is -4.05. The molecule has 0 saturated heterocycles. The van der Waals surface area contributed by atoms with Gasteiger partial charge in [0.05, 0.1) is 33.0 Å². The minimum Gasteiger partial charge on any atom is -0.492 e. The molecule has 4 unspecified atom stereocenters. The van der Waals surface area contributed by atoms with E-state index in [0.717, 1.165) is 0 Å². The number of rotatable bonds is 17. The number of carbonyl (C=O) groups is 3. The second-order valence-electron chi connectivity index (χ2n) is 6.22. The summed E-state index contributed by atoms with van der Waals surface area (Å²) in [4.78, 5) is 33.4. The van der Waals surface area contributed by atoms with Crippen molar-refractivity contribution >= 4 is 17.9 Å². The Morgan fingerprint density at radius 3 is 1.80 bits per heavy atom. The summed E-state index contributed by atoms with van der Waals surface area (Å²) in [5.74, 6) is -2.51. The maximum absolute atomic E-state index is 11.6. The first kappa shape index (κ1) is 27.8. The fraction of sp³-hybridized carbons (Fsp3) is 0.737. The maximum atomic E-state index is 11.6. The van der Waals surface area contributed by atoms with Crippen molar-refractivity contribution in [3.8, 4) is 0 Å². The molecular formula is C19H32O11. The van der Waals surface area contributed by atoms with Crippen molar-refractivity contribution in [2.75, 3.05) is 39.6 Å². The molecule has 0 rings (SSSR count). The standard InChI is InChI=1S/C19H32O11/c1-12(20)18(23)29-14(3)13(2)27-10-8-25-6-7-26-9-11-28-16(5)19(24)30-15(4)17(21)22/h12,14-16,20H,2,6-11H2,1,3-5H3,(H,21,22). The van der Waals surface area contributed by atoms with Gasteiger partial charge in [-0.2, -0.15) is 0 Å². The van der Waals surface area contributed by atoms with Gasteiger partial charge < -0.3 is 38.6 Å². The second-order valence-corrected chi connectivity index (χ2v) is 6.22. The number of ether oxygens (including phenoxy) is 6. The van der Waals surface area contributed by atoms with Crippen LogP contribution in [0.5, 0.6) is 0 Å². The molecule has 0 aromatic rings. The number of esters is 2. The van der Waals surface area contributed by atoms with Crippen LogP contribution in [0.4, 0.5) is 0 Å². The summed E-state index contributed by atoms with van der Waals surface area (Å²) < 4.78 is 30.7. The van der Waals surface area contributed by atoms with Crippen molar-refractivity contribution in [1.82, 2.24) is 0 Å². The number of carbonyl (C=O) groups excluding carboxylic acids is 2. The van der Waals surface area contributed by atoms with E-state index in [0.29, 0.717) is 13.2 Å². The van der Waals surface area contributed by atoms with Crippen LogP contribution in [-0.4, -0.2) is 92.2 Å². The van der Waals surface area contributed by atoms with Crippen LogP contribution in [0.25, 0.3) is 0 Å². The van der Waals surface area contributed by atoms with Crippen LogP contribution < -0.4 is 0 Å². The lowest BCUT2D eigenvalue weighted by Gasteiger charge is -2.17. The molecule has 174 valence electrons. The van der Waals surface area contributed by atoms with E-state index in [1.54, 1.807) is 6.92 Å². The fourth-order valence-corrected chi connectivity index (χ4v) is 1.68. The average molecular weight is 436 g/mol. The Morgan fingerprint density at radius 1 is 0.767 bits per heavy atom. The summed E-state index contributed by atoms with van der Waals surface area (Å²) in [5, 5.41) is 17.8. The number of aliphatic hydroxyl groups is 1. The molecule has 0 aliphatic rings. The number of carboxylic acids is 1. The van der Waals surface area contributed by atoms with E-state index < -0.39 is 42.3 Å². The number of aliphatic hydroxyl groups excluding tert-OH is 1. The molecule has 0 aromatic heterocycles. The SMILES string of the molecule is C=C(OCCOCCOCCOC(C)C(=O)OC(C)C(=O)O)C(C)OC(=O)C(C)O. The summed E-state index contributed by atoms with van der Waals surface area (Å²) in [6, 6.07) is 0. The van der Waals surface area contributed by atoms with Crippen LogP contribution in [0, 0.1) is 0 Å². The van der Waals surface area contributed by atoms with Gasteiger partial charge in [0.15, 0.2) is 18.3 Å². The molecule has 0 spiro atoms. The number of hydrogen-bond donors (Lipinski definition) is 2. The smallest absolute Gasteiger partial charge is 0.344 e. The normalized spacial score (nSPS) is 14.8. The van der Waals surface area contributed by atoms with E-state index in [1.165, 1.54) is 20.8 Å². The van der Waals surface area contributed by atoms with E-state index in [2.05, 4.69) is 11.3 Å². The minimum absolute atomic E-state index is 0.129. The molecule has 11 heteroatoms. The van der Waals surface area contributed by atoms with Gasteiger partial charge in [0.25, 0.3) is 0 Å². The maximum Gasteiger partial charge on any atom is 0.344 e. The van der Waals surface area contributed by atoms with Crippen molar-refractivity contribution in [3.05, 3.63) is 12.3 Å². The van der Waals surface area contributed by atoms with Crippen LogP contribution in [-0.2, 0) is 42.8 Å². The highest BCUT2D eigenvalue weighted by molar-refractivity contribution is 5.79. The van der Waals surface area contributed by atoms with Crippen LogP contribution >= 0.6 is 0 Å². The van der Waals surface area contributed by atoms with Gasteiger partial charge in [-0.3, -0.25) is 0 Å². The van der Waals surface area contributed by atoms with E-state index in [4.69, 9.17) is 33.9 Å². The molecule has 4 atom stereocenters. The molecule has 0 aliphatic carbocycles. The fourth-order valence-electron chi connectivity index (χ4n) is 1.68. The van der Waals surface area contributed by atoms with Crippen molar-refractivity contribution < 1.29 is 53.0 Å². The van der Waals surface area contributed by atoms with Crippen LogP contribution in [0.2, 0.25) is 0 Å². The summed E-state index contributed by atoms with van der Waals surface area (Å²) in [7, 11) is 0. The van der Waals surface area contributed by atoms with Crippen LogP contribution in [0.1, 0.15) is 27.7 Å². The Balaban J connectivity index is 3.64. The highest BCUT2D eigenvalue weighted by Crippen LogP contribution is 2.07. The Labute approximate surface area is 175 Å². The third-order valence-corrected chi connectivity index (χ3v) is 3.54. The third kappa shape index (κ3) is 13.1. The van der Waals surface area contributed by atoms with Gasteiger partial charge in [0, 0.05) is 0 Å². The summed E-state index contributed by atoms with van der Waals surface area (Å²) in [6.45, 7) is 10.6. The topological polar surface area (TPSA) is 147 Å². The molecular weight excluding hydrogens is 404 g/mol. The van der Waals surface area contributed by atoms with Crippen molar-refractivity contribution in [2.24, 2.45) is 0 Å². The molecule has 0 saturated carbocycles. The van der Waals surface area contributed by atoms with Crippen molar-refractivity contribution in [3.63, 3.8) is 0 Å². The number of carboxylic acid groups (broad SMARTS) is 1. The van der Waals surface area contributed by atoms with Gasteiger partial charge in [0.1, 0.15) is 18.5 Å². The first-order valence-electron chi connectivity index (χ1n) is 9.46. The molecule has 2 N–H and O–H groups in total. The van der Waals surface area contributed by atoms with Gasteiger partial charge in [-0.25, -0.2) is 14.4 Å². The molecule has 0 bridgehead atoms. The quantitative estimate of drug-likeness (QED) is 0.184. The van der Waals surface area contributed by atoms with Gasteiger partial charge in [-0.15, -0.1) is 0 Å². The van der Waals surface area contributed by atoms with Crippen molar-refractivity contribution in [2.45, 2.75) is 52.1 Å². The van der Waals surface area contributed by atoms with E-state index in [1.807, 2.05) is 0 Å². The molecule has 0 amide bonds. The largest absolute Gasteiger partial charge is 0.492 e. The van der Waals surface area contributed by atoms with Gasteiger partial charge in [0.2, 0.25) is 0 Å². The molecule has 0 heterocycles. The van der Waals surface area contributed by atoms with Crippen LogP contribution in [0.15, 0.2) is 12.3 Å². The van der Waals surface area contributed by atoms with E-state index in [-0.39, 0.29) is 32.2 Å². The first-order valence-corrected chi connectivity index (χ1v) is 9.46. The molecule has 0 aromatic carbocycles. The molecule has 0 aliphatic heterocycles. The van der Waals surface area contributed by atoms with Gasteiger partial charge in [-0.1, -0.05) is 6.58 Å². The Bertz CT molecular complexity index is 547. The first-order chi connectivity index (χ1) is 14.1. The van der Waals surface area contributed by atoms with Gasteiger partial charge >= 0.3 is 17.9 Å². The highest BCUT2D eigenvalue weighted by Gasteiger charge is 2.21. The van der Waals surface area contributed by atoms with Gasteiger partial charge in [-0.05, 0) is 27.7 Å². The van der Waals surface area contributed by atoms with Crippen molar-refractivity contribution in [1.29, 1.82) is 0 Å². The molecule has 0 radical (unpaired) electrons. The van der Waals surface area contributed by atoms with E-state index in [9.17, 15) is 14.4 Å². The Kier molecular flexibility index (Phi) is 14.5. The zero-order valence-corrected chi connectivity index (χ0v) is 17.8. The van der Waals surface area contributed by atoms with E-state index >= 15 is 0 Å². The lowest BCUT2D eigenvalue weighted by atomic mass is 10.3. The lowest BCUT2D eigenvalue weighted by Crippen LogP contribution is -2.31. The second kappa shape index (κ2) is 15.6. The predicted octanol–water partition coefficient (Wildman–Crippen LogP) is 0.284. The monoisotopic (exact) mass is 436 g/mol. The highest BCUT2D eigenvalue weighted by atomic mass is 16.6. The summed E-state index contributed by atoms with van der Waals surface area (Å²) >= 11 is 0. The predicted molar refractivity (Wildman–Crippen MR) is 103 cm³/mol. The number of aliphatic carboxylic acids is 1.